The molecule has 0 aliphatic heterocycles. The highest BCUT2D eigenvalue weighted by Gasteiger charge is 2.27. The van der Waals surface area contributed by atoms with Gasteiger partial charge in [0.1, 0.15) is 0 Å². The van der Waals surface area contributed by atoms with E-state index >= 15 is 0 Å². The maximum absolute atomic E-state index is 12.5. The molecule has 6 heteroatoms. The van der Waals surface area contributed by atoms with E-state index in [2.05, 4.69) is 0 Å². The van der Waals surface area contributed by atoms with Crippen molar-refractivity contribution < 1.29 is 23.7 Å². The van der Waals surface area contributed by atoms with Crippen LogP contribution in [0.5, 0.6) is 23.0 Å². The van der Waals surface area contributed by atoms with E-state index in [1.165, 1.54) is 0 Å². The summed E-state index contributed by atoms with van der Waals surface area (Å²) in [5.74, 6) is 1.12. The van der Waals surface area contributed by atoms with E-state index in [1.54, 1.807) is 26.0 Å². The molecule has 0 heterocycles. The summed E-state index contributed by atoms with van der Waals surface area (Å²) in [6.45, 7) is 11.1. The summed E-state index contributed by atoms with van der Waals surface area (Å²) in [6.07, 6.45) is 2.46. The van der Waals surface area contributed by atoms with E-state index in [0.29, 0.717) is 53.2 Å². The molecule has 29 heavy (non-hydrogen) atoms. The summed E-state index contributed by atoms with van der Waals surface area (Å²) in [4.78, 5) is 12.5. The second-order valence-corrected chi connectivity index (χ2v) is 7.56. The molecular formula is C23H31ClO5. The van der Waals surface area contributed by atoms with Crippen LogP contribution in [0.2, 0.25) is 5.02 Å². The third kappa shape index (κ3) is 5.69. The fourth-order valence-corrected chi connectivity index (χ4v) is 2.86. The van der Waals surface area contributed by atoms with Crippen LogP contribution in [0, 0.1) is 5.92 Å². The molecule has 0 radical (unpaired) electrons. The molecule has 0 saturated carbocycles. The van der Waals surface area contributed by atoms with Crippen LogP contribution in [0.15, 0.2) is 18.2 Å². The number of esters is 1. The number of carbonyl (C=O) groups excluding carboxylic acids is 1. The molecule has 160 valence electrons. The van der Waals surface area contributed by atoms with Crippen molar-refractivity contribution >= 4 is 28.3 Å². The first-order valence-corrected chi connectivity index (χ1v) is 10.7. The van der Waals surface area contributed by atoms with Crippen LogP contribution in [-0.2, 0) is 4.79 Å². The predicted molar refractivity (Wildman–Crippen MR) is 117 cm³/mol. The fourth-order valence-electron chi connectivity index (χ4n) is 2.69. The molecule has 0 spiro atoms. The minimum absolute atomic E-state index is 0.292. The third-order valence-electron chi connectivity index (χ3n) is 4.12. The SMILES string of the molecule is CCCOc1c(OCCC)c(OC(=O)C(C)C)c2cc(Cl)ccc2c1OCCC. The van der Waals surface area contributed by atoms with Gasteiger partial charge in [-0.3, -0.25) is 4.79 Å². The monoisotopic (exact) mass is 422 g/mol. The van der Waals surface area contributed by atoms with Gasteiger partial charge in [-0.1, -0.05) is 46.2 Å². The molecule has 2 rings (SSSR count). The van der Waals surface area contributed by atoms with E-state index in [1.807, 2.05) is 26.8 Å². The van der Waals surface area contributed by atoms with Gasteiger partial charge in [-0.2, -0.15) is 0 Å². The summed E-state index contributed by atoms with van der Waals surface area (Å²) in [7, 11) is 0. The Bertz CT molecular complexity index is 832. The van der Waals surface area contributed by atoms with Gasteiger partial charge in [-0.05, 0) is 37.5 Å². The zero-order valence-electron chi connectivity index (χ0n) is 18.0. The second kappa shape index (κ2) is 11.1. The normalized spacial score (nSPS) is 11.0. The molecular weight excluding hydrogens is 392 g/mol. The van der Waals surface area contributed by atoms with Gasteiger partial charge in [0.15, 0.2) is 11.5 Å². The number of fused-ring (bicyclic) bond motifs is 1. The maximum atomic E-state index is 12.5. The van der Waals surface area contributed by atoms with Gasteiger partial charge < -0.3 is 18.9 Å². The largest absolute Gasteiger partial charge is 0.489 e. The minimum atomic E-state index is -0.351. The number of carbonyl (C=O) groups is 1. The lowest BCUT2D eigenvalue weighted by Gasteiger charge is -2.22. The standard InChI is InChI=1S/C23H31ClO5/c1-6-11-26-19-17-10-9-16(24)14-18(17)20(29-23(25)15(4)5)22(28-13-8-3)21(19)27-12-7-2/h9-10,14-15H,6-8,11-13H2,1-5H3. The highest BCUT2D eigenvalue weighted by molar-refractivity contribution is 6.31. The van der Waals surface area contributed by atoms with Crippen molar-refractivity contribution in [3.05, 3.63) is 23.2 Å². The number of benzene rings is 2. The number of hydrogen-bond donors (Lipinski definition) is 0. The van der Waals surface area contributed by atoms with Crippen molar-refractivity contribution in [1.29, 1.82) is 0 Å². The summed E-state index contributed by atoms with van der Waals surface area (Å²) >= 11 is 6.27. The molecule has 0 aliphatic rings. The molecule has 0 atom stereocenters. The van der Waals surface area contributed by atoms with Crippen molar-refractivity contribution in [3.63, 3.8) is 0 Å². The Labute approximate surface area is 178 Å². The highest BCUT2D eigenvalue weighted by Crippen LogP contribution is 2.52. The summed E-state index contributed by atoms with van der Waals surface area (Å²) in [5, 5.41) is 1.96. The number of ether oxygens (including phenoxy) is 4. The van der Waals surface area contributed by atoms with Crippen LogP contribution in [0.4, 0.5) is 0 Å². The van der Waals surface area contributed by atoms with Crippen LogP contribution >= 0.6 is 11.6 Å². The molecule has 0 aliphatic carbocycles. The van der Waals surface area contributed by atoms with Crippen molar-refractivity contribution in [2.45, 2.75) is 53.9 Å². The lowest BCUT2D eigenvalue weighted by Crippen LogP contribution is -2.16. The molecule has 5 nitrogen and oxygen atoms in total. The Morgan fingerprint density at radius 1 is 0.828 bits per heavy atom. The zero-order valence-corrected chi connectivity index (χ0v) is 18.7. The Morgan fingerprint density at radius 2 is 1.34 bits per heavy atom. The summed E-state index contributed by atoms with van der Waals surface area (Å²) in [5.41, 5.74) is 0. The van der Waals surface area contributed by atoms with Crippen LogP contribution in [0.25, 0.3) is 10.8 Å². The molecule has 0 fully saturated rings. The van der Waals surface area contributed by atoms with E-state index in [9.17, 15) is 4.79 Å². The van der Waals surface area contributed by atoms with Gasteiger partial charge in [-0.25, -0.2) is 0 Å². The fraction of sp³-hybridized carbons (Fsp3) is 0.522. The first kappa shape index (κ1) is 23.1. The molecule has 0 aromatic heterocycles. The van der Waals surface area contributed by atoms with Crippen LogP contribution in [0.1, 0.15) is 53.9 Å². The van der Waals surface area contributed by atoms with E-state index in [-0.39, 0.29) is 11.9 Å². The molecule has 2 aromatic carbocycles. The van der Waals surface area contributed by atoms with Gasteiger partial charge in [0.2, 0.25) is 11.5 Å². The van der Waals surface area contributed by atoms with E-state index in [0.717, 1.165) is 24.6 Å². The van der Waals surface area contributed by atoms with Crippen molar-refractivity contribution in [2.24, 2.45) is 5.92 Å². The van der Waals surface area contributed by atoms with Crippen molar-refractivity contribution in [2.75, 3.05) is 19.8 Å². The molecule has 0 unspecified atom stereocenters. The average molecular weight is 423 g/mol. The average Bonchev–Trinajstić information content (AvgIpc) is 2.70. The summed E-state index contributed by atoms with van der Waals surface area (Å²) in [6, 6.07) is 5.41. The topological polar surface area (TPSA) is 54.0 Å². The second-order valence-electron chi connectivity index (χ2n) is 7.13. The van der Waals surface area contributed by atoms with Gasteiger partial charge >= 0.3 is 5.97 Å². The lowest BCUT2D eigenvalue weighted by atomic mass is 10.1. The van der Waals surface area contributed by atoms with Gasteiger partial charge in [0.25, 0.3) is 0 Å². The lowest BCUT2D eigenvalue weighted by molar-refractivity contribution is -0.137. The smallest absolute Gasteiger partial charge is 0.313 e. The molecule has 0 saturated heterocycles. The molecule has 0 N–H and O–H groups in total. The van der Waals surface area contributed by atoms with Crippen LogP contribution in [-0.4, -0.2) is 25.8 Å². The zero-order chi connectivity index (χ0) is 21.4. The third-order valence-corrected chi connectivity index (χ3v) is 4.35. The molecule has 0 amide bonds. The quantitative estimate of drug-likeness (QED) is 0.309. The molecule has 2 aromatic rings. The van der Waals surface area contributed by atoms with Gasteiger partial charge in [0.05, 0.1) is 25.7 Å². The highest BCUT2D eigenvalue weighted by atomic mass is 35.5. The first-order chi connectivity index (χ1) is 13.9. The maximum Gasteiger partial charge on any atom is 0.313 e. The minimum Gasteiger partial charge on any atom is -0.489 e. The number of hydrogen-bond acceptors (Lipinski definition) is 5. The van der Waals surface area contributed by atoms with Crippen molar-refractivity contribution in [3.8, 4) is 23.0 Å². The Balaban J connectivity index is 2.81. The van der Waals surface area contributed by atoms with Crippen molar-refractivity contribution in [1.82, 2.24) is 0 Å². The predicted octanol–water partition coefficient (Wildman–Crippen LogP) is 6.42. The van der Waals surface area contributed by atoms with Gasteiger partial charge in [-0.15, -0.1) is 0 Å². The van der Waals surface area contributed by atoms with E-state index in [4.69, 9.17) is 30.5 Å². The number of rotatable bonds is 11. The Kier molecular flexibility index (Phi) is 8.90. The molecule has 0 bridgehead atoms. The Morgan fingerprint density at radius 3 is 1.86 bits per heavy atom. The van der Waals surface area contributed by atoms with Crippen LogP contribution in [0.3, 0.4) is 0 Å². The van der Waals surface area contributed by atoms with E-state index < -0.39 is 0 Å². The van der Waals surface area contributed by atoms with Gasteiger partial charge in [0, 0.05) is 15.8 Å². The first-order valence-electron chi connectivity index (χ1n) is 10.3. The number of halogens is 1. The summed E-state index contributed by atoms with van der Waals surface area (Å²) < 4.78 is 24.0. The van der Waals surface area contributed by atoms with Crippen LogP contribution < -0.4 is 18.9 Å². The Hall–Kier alpha value is -2.14.